The molecule has 4 aromatic rings. The number of pyridine rings is 1. The predicted molar refractivity (Wildman–Crippen MR) is 158 cm³/mol. The van der Waals surface area contributed by atoms with Crippen LogP contribution in [0, 0.1) is 0 Å². The Kier molecular flexibility index (Phi) is 8.84. The van der Waals surface area contributed by atoms with Gasteiger partial charge in [-0.25, -0.2) is 4.79 Å². The molecule has 0 spiro atoms. The Balaban J connectivity index is 1.49. The lowest BCUT2D eigenvalue weighted by molar-refractivity contribution is -0.118. The number of aryl methyl sites for hydroxylation is 1. The molecule has 2 N–H and O–H groups in total. The van der Waals surface area contributed by atoms with Crippen LogP contribution in [0.15, 0.2) is 93.4 Å². The van der Waals surface area contributed by atoms with Crippen LogP contribution in [0.4, 0.5) is 10.5 Å². The zero-order valence-corrected chi connectivity index (χ0v) is 24.0. The first-order valence-corrected chi connectivity index (χ1v) is 13.6. The summed E-state index contributed by atoms with van der Waals surface area (Å²) in [6.07, 6.45) is -0.409. The Hall–Kier alpha value is -4.24. The molecule has 208 valence electrons. The molecule has 0 saturated heterocycles. The second-order valence-electron chi connectivity index (χ2n) is 10.3. The van der Waals surface area contributed by atoms with Gasteiger partial charge in [-0.05, 0) is 68.8 Å². The molecule has 0 fully saturated rings. The maximum atomic E-state index is 13.3. The molecule has 9 heteroatoms. The van der Waals surface area contributed by atoms with Gasteiger partial charge in [0.15, 0.2) is 0 Å². The van der Waals surface area contributed by atoms with Crippen LogP contribution in [-0.2, 0) is 23.0 Å². The van der Waals surface area contributed by atoms with Gasteiger partial charge in [-0.2, -0.15) is 0 Å². The van der Waals surface area contributed by atoms with E-state index in [1.807, 2.05) is 48.5 Å². The lowest BCUT2D eigenvalue weighted by atomic mass is 10.0. The minimum absolute atomic E-state index is 0.0783. The monoisotopic (exact) mass is 559 g/mol. The van der Waals surface area contributed by atoms with E-state index in [4.69, 9.17) is 9.47 Å². The van der Waals surface area contributed by atoms with Crippen LogP contribution >= 0.6 is 11.8 Å². The van der Waals surface area contributed by atoms with E-state index in [9.17, 15) is 14.4 Å². The first-order valence-electron chi connectivity index (χ1n) is 12.8. The van der Waals surface area contributed by atoms with Crippen molar-refractivity contribution in [3.05, 3.63) is 94.8 Å². The zero-order chi connectivity index (χ0) is 28.9. The third kappa shape index (κ3) is 7.45. The first kappa shape index (κ1) is 28.8. The number of benzene rings is 3. The molecular weight excluding hydrogens is 526 g/mol. The van der Waals surface area contributed by atoms with Crippen molar-refractivity contribution in [2.45, 2.75) is 48.6 Å². The highest BCUT2D eigenvalue weighted by Crippen LogP contribution is 2.33. The lowest BCUT2D eigenvalue weighted by Crippen LogP contribution is -2.47. The largest absolute Gasteiger partial charge is 0.497 e. The highest BCUT2D eigenvalue weighted by Gasteiger charge is 2.25. The summed E-state index contributed by atoms with van der Waals surface area (Å²) < 4.78 is 12.2. The van der Waals surface area contributed by atoms with Crippen LogP contribution in [-0.4, -0.2) is 35.3 Å². The van der Waals surface area contributed by atoms with E-state index in [1.165, 1.54) is 11.8 Å². The van der Waals surface area contributed by atoms with Gasteiger partial charge in [0, 0.05) is 40.4 Å². The fraction of sp³-hybridized carbons (Fsp3) is 0.258. The molecule has 0 aliphatic carbocycles. The summed E-state index contributed by atoms with van der Waals surface area (Å²) in [6, 6.07) is 23.2. The van der Waals surface area contributed by atoms with Crippen molar-refractivity contribution in [3.63, 3.8) is 0 Å². The normalized spacial score (nSPS) is 12.0. The van der Waals surface area contributed by atoms with Gasteiger partial charge in [0.25, 0.3) is 5.56 Å². The number of fused-ring (bicyclic) bond motifs is 1. The number of amides is 2. The third-order valence-corrected chi connectivity index (χ3v) is 7.14. The highest BCUT2D eigenvalue weighted by molar-refractivity contribution is 7.99. The van der Waals surface area contributed by atoms with Crippen LogP contribution in [0.1, 0.15) is 26.3 Å². The number of hydrogen-bond acceptors (Lipinski definition) is 6. The average Bonchev–Trinajstić information content (AvgIpc) is 2.91. The van der Waals surface area contributed by atoms with E-state index < -0.39 is 17.7 Å². The third-order valence-electron chi connectivity index (χ3n) is 6.07. The molecule has 0 unspecified atom stereocenters. The van der Waals surface area contributed by atoms with Gasteiger partial charge < -0.3 is 24.7 Å². The SMILES string of the molecule is COc1ccc(C[C@H](NC(=O)OC(C)(C)C)C(=O)Nc2ccc(Sc3cc(=O)n(C)c4ccccc34)cc2)cc1. The summed E-state index contributed by atoms with van der Waals surface area (Å²) in [5.74, 6) is 0.325. The molecule has 1 heterocycles. The Morgan fingerprint density at radius 3 is 2.30 bits per heavy atom. The van der Waals surface area contributed by atoms with Crippen LogP contribution in [0.25, 0.3) is 10.9 Å². The molecule has 3 aromatic carbocycles. The maximum absolute atomic E-state index is 13.3. The van der Waals surface area contributed by atoms with Gasteiger partial charge in [-0.15, -0.1) is 0 Å². The van der Waals surface area contributed by atoms with E-state index in [-0.39, 0.29) is 17.9 Å². The standard InChI is InChI=1S/C31H33N3O5S/c1-31(2,3)39-30(37)33-25(18-20-10-14-22(38-5)15-11-20)29(36)32-21-12-16-23(17-13-21)40-27-19-28(35)34(4)26-9-7-6-8-24(26)27/h6-17,19,25H,18H2,1-5H3,(H,32,36)(H,33,37)/t25-/m0/s1. The van der Waals surface area contributed by atoms with Crippen LogP contribution in [0.3, 0.4) is 0 Å². The molecule has 0 aliphatic rings. The average molecular weight is 560 g/mol. The summed E-state index contributed by atoms with van der Waals surface area (Å²) in [5.41, 5.74) is 1.51. The van der Waals surface area contributed by atoms with Gasteiger partial charge in [0.1, 0.15) is 17.4 Å². The van der Waals surface area contributed by atoms with Crippen molar-refractivity contribution in [2.24, 2.45) is 7.05 Å². The van der Waals surface area contributed by atoms with E-state index in [2.05, 4.69) is 10.6 Å². The number of methoxy groups -OCH3 is 1. The summed E-state index contributed by atoms with van der Waals surface area (Å²) in [6.45, 7) is 5.29. The number of alkyl carbamates (subject to hydrolysis) is 1. The molecule has 0 aliphatic heterocycles. The highest BCUT2D eigenvalue weighted by atomic mass is 32.2. The number of para-hydroxylation sites is 1. The van der Waals surface area contributed by atoms with Crippen molar-refractivity contribution < 1.29 is 19.1 Å². The Labute approximate surface area is 237 Å². The summed E-state index contributed by atoms with van der Waals surface area (Å²) in [5, 5.41) is 6.58. The number of nitrogens with one attached hydrogen (secondary N) is 2. The van der Waals surface area contributed by atoms with Gasteiger partial charge in [-0.3, -0.25) is 9.59 Å². The molecule has 0 saturated carbocycles. The second kappa shape index (κ2) is 12.3. The topological polar surface area (TPSA) is 98.7 Å². The van der Waals surface area contributed by atoms with Gasteiger partial charge >= 0.3 is 6.09 Å². The van der Waals surface area contributed by atoms with E-state index >= 15 is 0 Å². The molecule has 0 bridgehead atoms. The van der Waals surface area contributed by atoms with Gasteiger partial charge in [-0.1, -0.05) is 42.1 Å². The van der Waals surface area contributed by atoms with E-state index in [0.29, 0.717) is 11.4 Å². The number of anilines is 1. The smallest absolute Gasteiger partial charge is 0.408 e. The molecule has 1 aromatic heterocycles. The van der Waals surface area contributed by atoms with Gasteiger partial charge in [0.2, 0.25) is 5.91 Å². The maximum Gasteiger partial charge on any atom is 0.408 e. The number of ether oxygens (including phenoxy) is 2. The number of hydrogen-bond donors (Lipinski definition) is 2. The summed E-state index contributed by atoms with van der Waals surface area (Å²) in [4.78, 5) is 40.0. The fourth-order valence-electron chi connectivity index (χ4n) is 4.08. The summed E-state index contributed by atoms with van der Waals surface area (Å²) >= 11 is 1.48. The van der Waals surface area contributed by atoms with Crippen molar-refractivity contribution in [1.29, 1.82) is 0 Å². The molecule has 2 amide bonds. The minimum atomic E-state index is -0.871. The van der Waals surface area contributed by atoms with E-state index in [1.54, 1.807) is 69.8 Å². The Morgan fingerprint density at radius 2 is 1.65 bits per heavy atom. The van der Waals surface area contributed by atoms with Crippen molar-refractivity contribution in [1.82, 2.24) is 9.88 Å². The Bertz CT molecular complexity index is 1560. The minimum Gasteiger partial charge on any atom is -0.497 e. The second-order valence-corrected chi connectivity index (χ2v) is 11.4. The van der Waals surface area contributed by atoms with E-state index in [0.717, 1.165) is 26.3 Å². The Morgan fingerprint density at radius 1 is 0.975 bits per heavy atom. The van der Waals surface area contributed by atoms with Crippen molar-refractivity contribution in [3.8, 4) is 5.75 Å². The van der Waals surface area contributed by atoms with Crippen LogP contribution in [0.2, 0.25) is 0 Å². The molecule has 40 heavy (non-hydrogen) atoms. The zero-order valence-electron chi connectivity index (χ0n) is 23.2. The fourth-order valence-corrected chi connectivity index (χ4v) is 5.05. The number of carbonyl (C=O) groups is 2. The molecule has 4 rings (SSSR count). The number of aromatic nitrogens is 1. The van der Waals surface area contributed by atoms with Crippen LogP contribution < -0.4 is 20.9 Å². The summed E-state index contributed by atoms with van der Waals surface area (Å²) in [7, 11) is 3.35. The molecular formula is C31H33N3O5S. The quantitative estimate of drug-likeness (QED) is 0.284. The van der Waals surface area contributed by atoms with Gasteiger partial charge in [0.05, 0.1) is 12.6 Å². The number of carbonyl (C=O) groups excluding carboxylic acids is 2. The predicted octanol–water partition coefficient (Wildman–Crippen LogP) is 5.77. The molecule has 0 radical (unpaired) electrons. The van der Waals surface area contributed by atoms with Crippen molar-refractivity contribution in [2.75, 3.05) is 12.4 Å². The molecule has 8 nitrogen and oxygen atoms in total. The van der Waals surface area contributed by atoms with Crippen LogP contribution in [0.5, 0.6) is 5.75 Å². The first-order chi connectivity index (χ1) is 19.0. The number of nitrogens with zero attached hydrogens (tertiary/aromatic N) is 1. The van der Waals surface area contributed by atoms with Crippen molar-refractivity contribution >= 4 is 40.4 Å². The number of rotatable bonds is 8. The molecule has 1 atom stereocenters. The lowest BCUT2D eigenvalue weighted by Gasteiger charge is -2.23.